The van der Waals surface area contributed by atoms with Crippen molar-refractivity contribution in [3.05, 3.63) is 27.9 Å². The van der Waals surface area contributed by atoms with Crippen LogP contribution in [-0.2, 0) is 7.05 Å². The van der Waals surface area contributed by atoms with E-state index in [4.69, 9.17) is 5.73 Å². The zero-order valence-electron chi connectivity index (χ0n) is 12.0. The number of amides is 1. The largest absolute Gasteiger partial charge is 0.358 e. The van der Waals surface area contributed by atoms with Crippen molar-refractivity contribution >= 4 is 24.1 Å². The minimum absolute atomic E-state index is 0. The Hall–Kier alpha value is -1.60. The average Bonchev–Trinajstić information content (AvgIpc) is 2.80. The number of hydrogen-bond acceptors (Lipinski definition) is 4. The lowest BCUT2D eigenvalue weighted by atomic mass is 9.94. The van der Waals surface area contributed by atoms with Crippen LogP contribution in [0.3, 0.4) is 0 Å². The molecule has 1 fully saturated rings. The summed E-state index contributed by atoms with van der Waals surface area (Å²) in [5.41, 5.74) is 5.94. The van der Waals surface area contributed by atoms with Gasteiger partial charge in [-0.3, -0.25) is 4.79 Å². The van der Waals surface area contributed by atoms with E-state index in [0.717, 1.165) is 19.3 Å². The van der Waals surface area contributed by atoms with Crippen LogP contribution in [0, 0.1) is 16.0 Å². The monoisotopic (exact) mass is 316 g/mol. The van der Waals surface area contributed by atoms with Gasteiger partial charge in [-0.1, -0.05) is 0 Å². The van der Waals surface area contributed by atoms with Crippen molar-refractivity contribution in [2.75, 3.05) is 19.6 Å². The molecule has 2 N–H and O–H groups in total. The highest BCUT2D eigenvalue weighted by Gasteiger charge is 2.28. The van der Waals surface area contributed by atoms with Crippen LogP contribution in [0.4, 0.5) is 5.82 Å². The van der Waals surface area contributed by atoms with E-state index in [1.165, 1.54) is 16.7 Å². The zero-order chi connectivity index (χ0) is 14.7. The Balaban J connectivity index is 0.00000220. The van der Waals surface area contributed by atoms with Crippen LogP contribution in [0.15, 0.2) is 12.1 Å². The van der Waals surface area contributed by atoms with Gasteiger partial charge in [0.25, 0.3) is 5.91 Å². The fourth-order valence-corrected chi connectivity index (χ4v) is 2.78. The number of nitro groups is 1. The van der Waals surface area contributed by atoms with E-state index in [0.29, 0.717) is 31.2 Å². The first kappa shape index (κ1) is 17.5. The molecule has 1 aliphatic rings. The summed E-state index contributed by atoms with van der Waals surface area (Å²) in [6.07, 6.45) is 2.97. The lowest BCUT2D eigenvalue weighted by molar-refractivity contribution is -0.391. The molecule has 0 aromatic carbocycles. The Labute approximate surface area is 129 Å². The summed E-state index contributed by atoms with van der Waals surface area (Å²) in [7, 11) is 1.55. The Morgan fingerprint density at radius 2 is 2.24 bits per heavy atom. The van der Waals surface area contributed by atoms with Crippen molar-refractivity contribution in [1.82, 2.24) is 9.47 Å². The molecule has 1 saturated heterocycles. The fourth-order valence-electron chi connectivity index (χ4n) is 2.78. The maximum absolute atomic E-state index is 12.5. The van der Waals surface area contributed by atoms with Gasteiger partial charge in [0.15, 0.2) is 5.69 Å². The van der Waals surface area contributed by atoms with E-state index in [1.54, 1.807) is 11.9 Å². The highest BCUT2D eigenvalue weighted by molar-refractivity contribution is 5.93. The first-order chi connectivity index (χ1) is 9.54. The molecule has 1 aromatic heterocycles. The van der Waals surface area contributed by atoms with Crippen molar-refractivity contribution in [3.63, 3.8) is 0 Å². The van der Waals surface area contributed by atoms with Crippen LogP contribution in [-0.4, -0.2) is 39.9 Å². The molecular weight excluding hydrogens is 296 g/mol. The Kier molecular flexibility index (Phi) is 6.17. The molecular formula is C13H21ClN4O3. The first-order valence-electron chi connectivity index (χ1n) is 6.84. The first-order valence-corrected chi connectivity index (χ1v) is 6.84. The maximum Gasteiger partial charge on any atom is 0.323 e. The highest BCUT2D eigenvalue weighted by atomic mass is 35.5. The van der Waals surface area contributed by atoms with Crippen LogP contribution in [0.5, 0.6) is 0 Å². The maximum atomic E-state index is 12.5. The molecule has 1 unspecified atom stereocenters. The lowest BCUT2D eigenvalue weighted by Gasteiger charge is -2.32. The Morgan fingerprint density at radius 3 is 2.81 bits per heavy atom. The molecule has 1 aromatic rings. The quantitative estimate of drug-likeness (QED) is 0.673. The highest BCUT2D eigenvalue weighted by Crippen LogP contribution is 2.22. The third-order valence-corrected chi connectivity index (χ3v) is 3.88. The van der Waals surface area contributed by atoms with Crippen molar-refractivity contribution in [2.45, 2.75) is 19.3 Å². The van der Waals surface area contributed by atoms with Crippen molar-refractivity contribution in [1.29, 1.82) is 0 Å². The molecule has 2 heterocycles. The second kappa shape index (κ2) is 7.42. The third kappa shape index (κ3) is 3.74. The molecule has 0 spiro atoms. The number of rotatable bonds is 4. The topological polar surface area (TPSA) is 94.4 Å². The van der Waals surface area contributed by atoms with E-state index in [9.17, 15) is 14.9 Å². The molecule has 1 amide bonds. The van der Waals surface area contributed by atoms with Gasteiger partial charge in [0.2, 0.25) is 0 Å². The summed E-state index contributed by atoms with van der Waals surface area (Å²) in [6, 6.07) is 2.89. The number of likely N-dealkylation sites (tertiary alicyclic amines) is 1. The third-order valence-electron chi connectivity index (χ3n) is 3.88. The van der Waals surface area contributed by atoms with Crippen molar-refractivity contribution < 1.29 is 9.72 Å². The van der Waals surface area contributed by atoms with E-state index >= 15 is 0 Å². The van der Waals surface area contributed by atoms with E-state index < -0.39 is 4.92 Å². The van der Waals surface area contributed by atoms with Gasteiger partial charge in [-0.25, -0.2) is 4.57 Å². The minimum Gasteiger partial charge on any atom is -0.358 e. The van der Waals surface area contributed by atoms with Gasteiger partial charge in [-0.05, 0) is 42.7 Å². The van der Waals surface area contributed by atoms with Gasteiger partial charge in [0, 0.05) is 19.2 Å². The van der Waals surface area contributed by atoms with Crippen LogP contribution < -0.4 is 5.73 Å². The molecule has 8 heteroatoms. The molecule has 0 saturated carbocycles. The predicted octanol–water partition coefficient (Wildman–Crippen LogP) is 1.56. The van der Waals surface area contributed by atoms with Gasteiger partial charge in [-0.2, -0.15) is 0 Å². The summed E-state index contributed by atoms with van der Waals surface area (Å²) in [5.74, 6) is 0.235. The molecule has 0 aliphatic carbocycles. The summed E-state index contributed by atoms with van der Waals surface area (Å²) >= 11 is 0. The van der Waals surface area contributed by atoms with Crippen LogP contribution in [0.2, 0.25) is 0 Å². The van der Waals surface area contributed by atoms with Gasteiger partial charge >= 0.3 is 5.82 Å². The van der Waals surface area contributed by atoms with E-state index in [1.807, 2.05) is 0 Å². The van der Waals surface area contributed by atoms with Crippen molar-refractivity contribution in [3.8, 4) is 0 Å². The number of nitrogens with zero attached hydrogens (tertiary/aromatic N) is 3. The van der Waals surface area contributed by atoms with Gasteiger partial charge < -0.3 is 20.7 Å². The molecule has 118 valence electrons. The van der Waals surface area contributed by atoms with E-state index in [2.05, 4.69) is 0 Å². The molecule has 2 rings (SSSR count). The number of carbonyl (C=O) groups is 1. The van der Waals surface area contributed by atoms with Gasteiger partial charge in [0.1, 0.15) is 0 Å². The minimum atomic E-state index is -0.482. The fraction of sp³-hybridized carbons (Fsp3) is 0.615. The molecule has 21 heavy (non-hydrogen) atoms. The van der Waals surface area contributed by atoms with Crippen molar-refractivity contribution in [2.24, 2.45) is 18.7 Å². The summed E-state index contributed by atoms with van der Waals surface area (Å²) in [5, 5.41) is 10.8. The zero-order valence-corrected chi connectivity index (χ0v) is 12.8. The van der Waals surface area contributed by atoms with Crippen LogP contribution in [0.1, 0.15) is 29.8 Å². The standard InChI is InChI=1S/C13H20N4O3.ClH/c1-15-11(4-5-12(15)17(19)20)13(18)16-8-2-3-10(9-16)6-7-14;/h4-5,10H,2-3,6-9,14H2,1H3;1H. The SMILES string of the molecule is Cl.Cn1c(C(=O)N2CCCC(CCN)C2)ccc1[N+](=O)[O-]. The van der Waals surface area contributed by atoms with Gasteiger partial charge in [-0.15, -0.1) is 12.4 Å². The Morgan fingerprint density at radius 1 is 1.52 bits per heavy atom. The number of halogens is 1. The second-order valence-electron chi connectivity index (χ2n) is 5.23. The normalized spacial score (nSPS) is 18.2. The summed E-state index contributed by atoms with van der Waals surface area (Å²) in [4.78, 5) is 24.6. The summed E-state index contributed by atoms with van der Waals surface area (Å²) < 4.78 is 1.34. The second-order valence-corrected chi connectivity index (χ2v) is 5.23. The van der Waals surface area contributed by atoms with E-state index in [-0.39, 0.29) is 24.1 Å². The number of hydrogen-bond donors (Lipinski definition) is 1. The van der Waals surface area contributed by atoms with Crippen LogP contribution >= 0.6 is 12.4 Å². The smallest absolute Gasteiger partial charge is 0.323 e. The van der Waals surface area contributed by atoms with Gasteiger partial charge in [0.05, 0.1) is 7.05 Å². The lowest BCUT2D eigenvalue weighted by Crippen LogP contribution is -2.41. The average molecular weight is 317 g/mol. The number of piperidine rings is 1. The molecule has 1 aliphatic heterocycles. The molecule has 0 radical (unpaired) electrons. The molecule has 1 atom stereocenters. The number of nitrogens with two attached hydrogens (primary N) is 1. The number of carbonyl (C=O) groups excluding carboxylic acids is 1. The summed E-state index contributed by atoms with van der Waals surface area (Å²) in [6.45, 7) is 2.02. The number of aromatic nitrogens is 1. The van der Waals surface area contributed by atoms with Crippen LogP contribution in [0.25, 0.3) is 0 Å². The molecule has 7 nitrogen and oxygen atoms in total. The Bertz CT molecular complexity index is 516. The predicted molar refractivity (Wildman–Crippen MR) is 81.6 cm³/mol. The molecule has 0 bridgehead atoms.